The number of esters is 2. The van der Waals surface area contributed by atoms with Crippen molar-refractivity contribution < 1.29 is 19.1 Å². The van der Waals surface area contributed by atoms with Crippen molar-refractivity contribution >= 4 is 11.9 Å². The smallest absolute Gasteiger partial charge is 0.309 e. The molecule has 0 aliphatic rings. The third-order valence-electron chi connectivity index (χ3n) is 6.73. The van der Waals surface area contributed by atoms with Gasteiger partial charge in [0, 0.05) is 6.42 Å². The zero-order valence-corrected chi connectivity index (χ0v) is 23.0. The molecule has 4 nitrogen and oxygen atoms in total. The fourth-order valence-corrected chi connectivity index (χ4v) is 4.57. The van der Waals surface area contributed by atoms with Crippen LogP contribution in [0.2, 0.25) is 0 Å². The third kappa shape index (κ3) is 17.1. The number of rotatable bonds is 22. The molecule has 0 spiro atoms. The average molecular weight is 469 g/mol. The summed E-state index contributed by atoms with van der Waals surface area (Å²) in [6.07, 6.45) is 16.6. The molecule has 0 heterocycles. The van der Waals surface area contributed by atoms with Crippen molar-refractivity contribution in [1.29, 1.82) is 0 Å². The maximum absolute atomic E-state index is 12.7. The van der Waals surface area contributed by atoms with E-state index in [4.69, 9.17) is 9.47 Å². The number of ether oxygens (including phenoxy) is 2. The lowest BCUT2D eigenvalue weighted by atomic mass is 9.74. The number of carbonyl (C=O) groups excluding carboxylic acids is 2. The number of hydrogen-bond acceptors (Lipinski definition) is 4. The second-order valence-corrected chi connectivity index (χ2v) is 10.5. The first-order chi connectivity index (χ1) is 15.8. The standard InChI is InChI=1S/C29H56O4/c1-7-9-22-32-27(30)21-19-17-15-13-11-12-14-16-18-20-26(24(3)4)28(25(5)6)29(31)33-23-10-8-2/h24-26,28H,7-23H2,1-6H3. The van der Waals surface area contributed by atoms with Crippen LogP contribution in [0.3, 0.4) is 0 Å². The van der Waals surface area contributed by atoms with Crippen molar-refractivity contribution in [1.82, 2.24) is 0 Å². The Hall–Kier alpha value is -1.06. The van der Waals surface area contributed by atoms with Crippen LogP contribution < -0.4 is 0 Å². The molecule has 0 rings (SSSR count). The van der Waals surface area contributed by atoms with Gasteiger partial charge in [0.25, 0.3) is 0 Å². The van der Waals surface area contributed by atoms with Gasteiger partial charge in [0.2, 0.25) is 0 Å². The van der Waals surface area contributed by atoms with Crippen LogP contribution in [0.25, 0.3) is 0 Å². The van der Waals surface area contributed by atoms with Crippen LogP contribution in [-0.4, -0.2) is 25.2 Å². The summed E-state index contributed by atoms with van der Waals surface area (Å²) in [7, 11) is 0. The van der Waals surface area contributed by atoms with Crippen LogP contribution in [0, 0.1) is 23.7 Å². The lowest BCUT2D eigenvalue weighted by Gasteiger charge is -2.31. The van der Waals surface area contributed by atoms with Gasteiger partial charge in [-0.2, -0.15) is 0 Å². The molecule has 0 bridgehead atoms. The fourth-order valence-electron chi connectivity index (χ4n) is 4.57. The Morgan fingerprint density at radius 1 is 0.606 bits per heavy atom. The lowest BCUT2D eigenvalue weighted by molar-refractivity contribution is -0.153. The molecule has 0 aromatic carbocycles. The largest absolute Gasteiger partial charge is 0.466 e. The molecule has 0 radical (unpaired) electrons. The molecule has 0 aliphatic heterocycles. The highest BCUT2D eigenvalue weighted by atomic mass is 16.5. The van der Waals surface area contributed by atoms with E-state index in [0.717, 1.165) is 44.9 Å². The van der Waals surface area contributed by atoms with Gasteiger partial charge in [-0.1, -0.05) is 106 Å². The minimum Gasteiger partial charge on any atom is -0.466 e. The second-order valence-electron chi connectivity index (χ2n) is 10.5. The SMILES string of the molecule is CCCCOC(=O)CCCCCCCCCCCC(C(C)C)C(C(=O)OCCCC)C(C)C. The molecule has 4 heteroatoms. The Balaban J connectivity index is 3.95. The van der Waals surface area contributed by atoms with Gasteiger partial charge in [0.15, 0.2) is 0 Å². The van der Waals surface area contributed by atoms with Crippen molar-refractivity contribution in [3.63, 3.8) is 0 Å². The van der Waals surface area contributed by atoms with Crippen LogP contribution >= 0.6 is 0 Å². The van der Waals surface area contributed by atoms with Gasteiger partial charge in [-0.25, -0.2) is 0 Å². The molecule has 0 saturated heterocycles. The van der Waals surface area contributed by atoms with Gasteiger partial charge >= 0.3 is 11.9 Å². The van der Waals surface area contributed by atoms with Crippen LogP contribution in [-0.2, 0) is 19.1 Å². The highest BCUT2D eigenvalue weighted by Crippen LogP contribution is 2.33. The highest BCUT2D eigenvalue weighted by Gasteiger charge is 2.33. The number of hydrogen-bond donors (Lipinski definition) is 0. The van der Waals surface area contributed by atoms with E-state index < -0.39 is 0 Å². The monoisotopic (exact) mass is 468 g/mol. The maximum Gasteiger partial charge on any atom is 0.309 e. The summed E-state index contributed by atoms with van der Waals surface area (Å²) in [4.78, 5) is 24.3. The topological polar surface area (TPSA) is 52.6 Å². The van der Waals surface area contributed by atoms with E-state index in [2.05, 4.69) is 41.5 Å². The Morgan fingerprint density at radius 2 is 1.09 bits per heavy atom. The van der Waals surface area contributed by atoms with Crippen molar-refractivity contribution in [3.05, 3.63) is 0 Å². The van der Waals surface area contributed by atoms with Crippen LogP contribution in [0.5, 0.6) is 0 Å². The summed E-state index contributed by atoms with van der Waals surface area (Å²) in [5, 5.41) is 0. The fraction of sp³-hybridized carbons (Fsp3) is 0.931. The third-order valence-corrected chi connectivity index (χ3v) is 6.73. The minimum atomic E-state index is -0.0305. The first-order valence-electron chi connectivity index (χ1n) is 14.2. The van der Waals surface area contributed by atoms with Gasteiger partial charge in [-0.05, 0) is 43.4 Å². The lowest BCUT2D eigenvalue weighted by Crippen LogP contribution is -2.33. The van der Waals surface area contributed by atoms with Gasteiger partial charge < -0.3 is 9.47 Å². The van der Waals surface area contributed by atoms with Crippen molar-refractivity contribution in [2.24, 2.45) is 23.7 Å². The average Bonchev–Trinajstić information content (AvgIpc) is 2.76. The molecule has 0 aliphatic carbocycles. The Kier molecular flexibility index (Phi) is 20.8. The van der Waals surface area contributed by atoms with E-state index in [1.54, 1.807) is 0 Å². The van der Waals surface area contributed by atoms with Gasteiger partial charge in [-0.3, -0.25) is 9.59 Å². The predicted octanol–water partition coefficient (Wildman–Crippen LogP) is 8.51. The molecule has 0 aromatic heterocycles. The van der Waals surface area contributed by atoms with Gasteiger partial charge in [0.1, 0.15) is 0 Å². The van der Waals surface area contributed by atoms with Gasteiger partial charge in [0.05, 0.1) is 19.1 Å². The Bertz CT molecular complexity index is 472. The molecule has 0 fully saturated rings. The molecule has 2 unspecified atom stereocenters. The van der Waals surface area contributed by atoms with E-state index in [1.165, 1.54) is 44.9 Å². The first-order valence-corrected chi connectivity index (χ1v) is 14.2. The quantitative estimate of drug-likeness (QED) is 0.118. The van der Waals surface area contributed by atoms with Crippen LogP contribution in [0.15, 0.2) is 0 Å². The molecule has 0 N–H and O–H groups in total. The molecular formula is C29H56O4. The Labute approximate surface area is 206 Å². The van der Waals surface area contributed by atoms with E-state index in [0.29, 0.717) is 37.4 Å². The normalized spacial score (nSPS) is 13.3. The summed E-state index contributed by atoms with van der Waals surface area (Å²) in [5.74, 6) is 1.24. The van der Waals surface area contributed by atoms with Gasteiger partial charge in [-0.15, -0.1) is 0 Å². The predicted molar refractivity (Wildman–Crippen MR) is 139 cm³/mol. The molecule has 0 saturated carbocycles. The summed E-state index contributed by atoms with van der Waals surface area (Å²) >= 11 is 0. The van der Waals surface area contributed by atoms with Crippen molar-refractivity contribution in [3.8, 4) is 0 Å². The summed E-state index contributed by atoms with van der Waals surface area (Å²) in [6, 6.07) is 0. The zero-order chi connectivity index (χ0) is 24.9. The maximum atomic E-state index is 12.7. The molecular weight excluding hydrogens is 412 g/mol. The molecule has 0 amide bonds. The van der Waals surface area contributed by atoms with Crippen LogP contribution in [0.4, 0.5) is 0 Å². The molecule has 196 valence electrons. The molecule has 2 atom stereocenters. The summed E-state index contributed by atoms with van der Waals surface area (Å²) in [6.45, 7) is 14.2. The van der Waals surface area contributed by atoms with E-state index >= 15 is 0 Å². The van der Waals surface area contributed by atoms with E-state index in [1.807, 2.05) is 0 Å². The summed E-state index contributed by atoms with van der Waals surface area (Å²) in [5.41, 5.74) is 0. The highest BCUT2D eigenvalue weighted by molar-refractivity contribution is 5.73. The van der Waals surface area contributed by atoms with Crippen molar-refractivity contribution in [2.45, 2.75) is 138 Å². The number of carbonyl (C=O) groups is 2. The van der Waals surface area contributed by atoms with E-state index in [-0.39, 0.29) is 17.9 Å². The molecule has 33 heavy (non-hydrogen) atoms. The van der Waals surface area contributed by atoms with Crippen molar-refractivity contribution in [2.75, 3.05) is 13.2 Å². The first kappa shape index (κ1) is 31.9. The van der Waals surface area contributed by atoms with E-state index in [9.17, 15) is 9.59 Å². The molecule has 0 aromatic rings. The Morgan fingerprint density at radius 3 is 1.58 bits per heavy atom. The minimum absolute atomic E-state index is 0.0192. The van der Waals surface area contributed by atoms with Crippen LogP contribution in [0.1, 0.15) is 138 Å². The second kappa shape index (κ2) is 21.5. The number of unbranched alkanes of at least 4 members (excludes halogenated alkanes) is 10. The zero-order valence-electron chi connectivity index (χ0n) is 23.0. The summed E-state index contributed by atoms with van der Waals surface area (Å²) < 4.78 is 10.8.